The predicted molar refractivity (Wildman–Crippen MR) is 67.1 cm³/mol. The van der Waals surface area contributed by atoms with E-state index in [4.69, 9.17) is 0 Å². The second-order valence-corrected chi connectivity index (χ2v) is 3.89. The van der Waals surface area contributed by atoms with Crippen LogP contribution >= 0.6 is 0 Å². The molecule has 0 unspecified atom stereocenters. The maximum atomic E-state index is 12.8. The minimum atomic E-state index is -0.394. The van der Waals surface area contributed by atoms with E-state index in [1.54, 1.807) is 26.2 Å². The molecule has 1 N–H and O–H groups in total. The van der Waals surface area contributed by atoms with E-state index >= 15 is 0 Å². The van der Waals surface area contributed by atoms with Crippen LogP contribution in [0.4, 0.5) is 4.39 Å². The van der Waals surface area contributed by atoms with Gasteiger partial charge in [-0.1, -0.05) is 12.1 Å². The Labute approximate surface area is 105 Å². The summed E-state index contributed by atoms with van der Waals surface area (Å²) in [5, 5.41) is 2.44. The highest BCUT2D eigenvalue weighted by Gasteiger charge is 2.04. The molecule has 1 aromatic rings. The van der Waals surface area contributed by atoms with E-state index in [1.807, 2.05) is 0 Å². The lowest BCUT2D eigenvalue weighted by atomic mass is 10.2. The molecule has 0 aliphatic carbocycles. The Balaban J connectivity index is 2.47. The molecular formula is C13H15FN2O2. The summed E-state index contributed by atoms with van der Waals surface area (Å²) in [6.07, 6.45) is 2.75. The van der Waals surface area contributed by atoms with Crippen molar-refractivity contribution in [2.45, 2.75) is 0 Å². The molecule has 2 amide bonds. The number of carbonyl (C=O) groups is 2. The van der Waals surface area contributed by atoms with Crippen LogP contribution in [0.2, 0.25) is 0 Å². The van der Waals surface area contributed by atoms with E-state index in [9.17, 15) is 14.0 Å². The van der Waals surface area contributed by atoms with E-state index in [0.29, 0.717) is 5.56 Å². The first-order valence-corrected chi connectivity index (χ1v) is 5.40. The Bertz CT molecular complexity index is 470. The first-order valence-electron chi connectivity index (χ1n) is 5.40. The van der Waals surface area contributed by atoms with E-state index in [-0.39, 0.29) is 18.3 Å². The largest absolute Gasteiger partial charge is 0.347 e. The van der Waals surface area contributed by atoms with E-state index in [2.05, 4.69) is 5.32 Å². The standard InChI is InChI=1S/C13H15FN2O2/c1-16(2)13(18)9-15-12(17)7-6-10-4-3-5-11(14)8-10/h3-8H,9H2,1-2H3,(H,15,17)/b7-6+. The summed E-state index contributed by atoms with van der Waals surface area (Å²) in [4.78, 5) is 24.0. The molecule has 0 bridgehead atoms. The summed E-state index contributed by atoms with van der Waals surface area (Å²) in [5.74, 6) is -0.947. The molecular weight excluding hydrogens is 235 g/mol. The van der Waals surface area contributed by atoms with Gasteiger partial charge in [-0.05, 0) is 23.8 Å². The lowest BCUT2D eigenvalue weighted by Crippen LogP contribution is -2.35. The molecule has 0 fully saturated rings. The predicted octanol–water partition coefficient (Wildman–Crippen LogP) is 1.04. The molecule has 0 saturated heterocycles. The van der Waals surface area contributed by atoms with Crippen LogP contribution in [-0.2, 0) is 9.59 Å². The van der Waals surface area contributed by atoms with Crippen LogP contribution in [0.3, 0.4) is 0 Å². The van der Waals surface area contributed by atoms with Gasteiger partial charge in [0, 0.05) is 20.2 Å². The molecule has 0 spiro atoms. The number of halogens is 1. The molecule has 0 aromatic heterocycles. The third-order valence-electron chi connectivity index (χ3n) is 2.19. The number of likely N-dealkylation sites (N-methyl/N-ethyl adjacent to an activating group) is 1. The summed E-state index contributed by atoms with van der Waals surface area (Å²) in [6.45, 7) is -0.0562. The number of hydrogen-bond acceptors (Lipinski definition) is 2. The first kappa shape index (κ1) is 13.9. The average molecular weight is 250 g/mol. The van der Waals surface area contributed by atoms with Crippen LogP contribution in [0.1, 0.15) is 5.56 Å². The molecule has 1 aromatic carbocycles. The fourth-order valence-corrected chi connectivity index (χ4v) is 1.16. The zero-order chi connectivity index (χ0) is 13.5. The smallest absolute Gasteiger partial charge is 0.244 e. The molecule has 0 radical (unpaired) electrons. The van der Waals surface area contributed by atoms with Crippen molar-refractivity contribution in [1.82, 2.24) is 10.2 Å². The van der Waals surface area contributed by atoms with Crippen LogP contribution in [0, 0.1) is 5.82 Å². The molecule has 0 aliphatic heterocycles. The average Bonchev–Trinajstić information content (AvgIpc) is 2.33. The lowest BCUT2D eigenvalue weighted by Gasteiger charge is -2.09. The van der Waals surface area contributed by atoms with Gasteiger partial charge in [-0.25, -0.2) is 4.39 Å². The zero-order valence-corrected chi connectivity index (χ0v) is 10.3. The summed E-state index contributed by atoms with van der Waals surface area (Å²) in [7, 11) is 3.22. The summed E-state index contributed by atoms with van der Waals surface area (Å²) < 4.78 is 12.8. The van der Waals surface area contributed by atoms with Gasteiger partial charge in [-0.15, -0.1) is 0 Å². The van der Waals surface area contributed by atoms with Crippen LogP contribution in [0.5, 0.6) is 0 Å². The molecule has 0 aliphatic rings. The topological polar surface area (TPSA) is 49.4 Å². The number of nitrogens with one attached hydrogen (secondary N) is 1. The Kier molecular flexibility index (Phi) is 5.05. The fourth-order valence-electron chi connectivity index (χ4n) is 1.16. The first-order chi connectivity index (χ1) is 8.49. The van der Waals surface area contributed by atoms with Crippen molar-refractivity contribution in [2.24, 2.45) is 0 Å². The van der Waals surface area contributed by atoms with Crippen LogP contribution in [0.25, 0.3) is 6.08 Å². The monoisotopic (exact) mass is 250 g/mol. The highest BCUT2D eigenvalue weighted by atomic mass is 19.1. The van der Waals surface area contributed by atoms with Gasteiger partial charge in [0.15, 0.2) is 0 Å². The summed E-state index contributed by atoms with van der Waals surface area (Å²) >= 11 is 0. The van der Waals surface area contributed by atoms with Gasteiger partial charge in [-0.2, -0.15) is 0 Å². The van der Waals surface area contributed by atoms with Crippen molar-refractivity contribution in [3.8, 4) is 0 Å². The number of rotatable bonds is 4. The van der Waals surface area contributed by atoms with Gasteiger partial charge in [0.25, 0.3) is 0 Å². The molecule has 0 heterocycles. The van der Waals surface area contributed by atoms with Gasteiger partial charge in [0.2, 0.25) is 11.8 Å². The van der Waals surface area contributed by atoms with E-state index in [0.717, 1.165) is 0 Å². The van der Waals surface area contributed by atoms with Crippen molar-refractivity contribution in [2.75, 3.05) is 20.6 Å². The summed E-state index contributed by atoms with van der Waals surface area (Å²) in [6, 6.07) is 5.88. The van der Waals surface area contributed by atoms with Crippen molar-refractivity contribution in [3.05, 3.63) is 41.7 Å². The van der Waals surface area contributed by atoms with Crippen LogP contribution in [-0.4, -0.2) is 37.4 Å². The van der Waals surface area contributed by atoms with Gasteiger partial charge in [0.1, 0.15) is 5.82 Å². The second kappa shape index (κ2) is 6.54. The highest BCUT2D eigenvalue weighted by molar-refractivity contribution is 5.94. The second-order valence-electron chi connectivity index (χ2n) is 3.89. The molecule has 0 saturated carbocycles. The third-order valence-corrected chi connectivity index (χ3v) is 2.19. The Morgan fingerprint density at radius 1 is 1.39 bits per heavy atom. The zero-order valence-electron chi connectivity index (χ0n) is 10.3. The van der Waals surface area contributed by atoms with E-state index in [1.165, 1.54) is 29.2 Å². The lowest BCUT2D eigenvalue weighted by molar-refractivity contribution is -0.129. The third kappa shape index (κ3) is 4.78. The summed E-state index contributed by atoms with van der Waals surface area (Å²) in [5.41, 5.74) is 0.587. The molecule has 1 rings (SSSR count). The maximum absolute atomic E-state index is 12.8. The fraction of sp³-hybridized carbons (Fsp3) is 0.231. The van der Waals surface area contributed by atoms with Gasteiger partial charge >= 0.3 is 0 Å². The molecule has 0 atom stereocenters. The highest BCUT2D eigenvalue weighted by Crippen LogP contribution is 2.04. The van der Waals surface area contributed by atoms with Gasteiger partial charge < -0.3 is 10.2 Å². The Morgan fingerprint density at radius 3 is 2.72 bits per heavy atom. The molecule has 4 nitrogen and oxygen atoms in total. The van der Waals surface area contributed by atoms with Crippen molar-refractivity contribution in [3.63, 3.8) is 0 Å². The Hall–Kier alpha value is -2.17. The molecule has 18 heavy (non-hydrogen) atoms. The number of carbonyl (C=O) groups excluding carboxylic acids is 2. The van der Waals surface area contributed by atoms with Crippen LogP contribution < -0.4 is 5.32 Å². The van der Waals surface area contributed by atoms with Crippen LogP contribution in [0.15, 0.2) is 30.3 Å². The number of nitrogens with zero attached hydrogens (tertiary/aromatic N) is 1. The number of amides is 2. The van der Waals surface area contributed by atoms with Crippen molar-refractivity contribution >= 4 is 17.9 Å². The SMILES string of the molecule is CN(C)C(=O)CNC(=O)/C=C/c1cccc(F)c1. The quantitative estimate of drug-likeness (QED) is 0.812. The minimum absolute atomic E-state index is 0.0562. The number of hydrogen-bond donors (Lipinski definition) is 1. The molecule has 96 valence electrons. The Morgan fingerprint density at radius 2 is 2.11 bits per heavy atom. The normalized spacial score (nSPS) is 10.4. The molecule has 5 heteroatoms. The van der Waals surface area contributed by atoms with E-state index < -0.39 is 5.91 Å². The van der Waals surface area contributed by atoms with Gasteiger partial charge in [-0.3, -0.25) is 9.59 Å². The number of benzene rings is 1. The van der Waals surface area contributed by atoms with Crippen molar-refractivity contribution in [1.29, 1.82) is 0 Å². The maximum Gasteiger partial charge on any atom is 0.244 e. The van der Waals surface area contributed by atoms with Crippen molar-refractivity contribution < 1.29 is 14.0 Å². The minimum Gasteiger partial charge on any atom is -0.347 e. The van der Waals surface area contributed by atoms with Gasteiger partial charge in [0.05, 0.1) is 6.54 Å².